The lowest BCUT2D eigenvalue weighted by Crippen LogP contribution is -2.26. The van der Waals surface area contributed by atoms with Crippen LogP contribution in [-0.2, 0) is 12.8 Å². The molecule has 8 nitrogen and oxygen atoms in total. The van der Waals surface area contributed by atoms with Crippen LogP contribution in [0.1, 0.15) is 60.0 Å². The highest BCUT2D eigenvalue weighted by atomic mass is 16.5. The largest absolute Gasteiger partial charge is 0.508 e. The van der Waals surface area contributed by atoms with E-state index in [1.807, 2.05) is 0 Å². The zero-order valence-corrected chi connectivity index (χ0v) is 21.5. The maximum atomic E-state index is 11.8. The summed E-state index contributed by atoms with van der Waals surface area (Å²) in [5, 5.41) is 43.8. The van der Waals surface area contributed by atoms with E-state index in [1.54, 1.807) is 31.4 Å². The van der Waals surface area contributed by atoms with Gasteiger partial charge in [-0.25, -0.2) is 0 Å². The molecule has 8 heteroatoms. The summed E-state index contributed by atoms with van der Waals surface area (Å²) in [6.45, 7) is 0.175. The minimum atomic E-state index is -0.942. The number of benzene rings is 3. The first-order valence-electron chi connectivity index (χ1n) is 13.1. The van der Waals surface area contributed by atoms with Crippen LogP contribution >= 0.6 is 0 Å². The number of phenolic OH excluding ortho intramolecular Hbond substituents is 3. The zero-order valence-electron chi connectivity index (χ0n) is 21.5. The molecular formula is C30H32O8. The fraction of sp³-hybridized carbons (Fsp3) is 0.400. The Bertz CT molecular complexity index is 1390. The van der Waals surface area contributed by atoms with Gasteiger partial charge in [0, 0.05) is 34.7 Å². The summed E-state index contributed by atoms with van der Waals surface area (Å²) >= 11 is 0. The van der Waals surface area contributed by atoms with Crippen molar-refractivity contribution in [2.75, 3.05) is 20.8 Å². The third kappa shape index (κ3) is 3.95. The van der Waals surface area contributed by atoms with Crippen molar-refractivity contribution < 1.29 is 39.4 Å². The molecule has 38 heavy (non-hydrogen) atoms. The van der Waals surface area contributed by atoms with Crippen molar-refractivity contribution in [2.45, 2.75) is 56.7 Å². The monoisotopic (exact) mass is 520 g/mol. The molecule has 4 N–H and O–H groups in total. The average molecular weight is 521 g/mol. The number of aliphatic hydroxyl groups excluding tert-OH is 1. The summed E-state index contributed by atoms with van der Waals surface area (Å²) in [5.41, 5.74) is 4.26. The summed E-state index contributed by atoms with van der Waals surface area (Å²) in [5.74, 6) is 1.16. The number of rotatable bonds is 5. The van der Waals surface area contributed by atoms with Gasteiger partial charge >= 0.3 is 0 Å². The molecule has 1 heterocycles. The third-order valence-electron chi connectivity index (χ3n) is 8.13. The van der Waals surface area contributed by atoms with E-state index in [4.69, 9.17) is 18.9 Å². The topological polar surface area (TPSA) is 118 Å². The van der Waals surface area contributed by atoms with E-state index in [0.717, 1.165) is 42.4 Å². The molecule has 0 radical (unpaired) electrons. The van der Waals surface area contributed by atoms with E-state index in [9.17, 15) is 20.4 Å². The van der Waals surface area contributed by atoms with Crippen molar-refractivity contribution in [1.29, 1.82) is 0 Å². The lowest BCUT2D eigenvalue weighted by molar-refractivity contribution is 0.0874. The van der Waals surface area contributed by atoms with Crippen LogP contribution in [0.4, 0.5) is 0 Å². The molecule has 3 aromatic carbocycles. The molecule has 0 spiro atoms. The maximum Gasteiger partial charge on any atom is 0.200 e. The van der Waals surface area contributed by atoms with Gasteiger partial charge in [-0.2, -0.15) is 0 Å². The van der Waals surface area contributed by atoms with Gasteiger partial charge in [-0.15, -0.1) is 0 Å². The Hall–Kier alpha value is -3.78. The highest BCUT2D eigenvalue weighted by molar-refractivity contribution is 5.83. The molecule has 2 atom stereocenters. The number of ether oxygens (including phenoxy) is 4. The van der Waals surface area contributed by atoms with Crippen LogP contribution in [-0.4, -0.2) is 47.4 Å². The van der Waals surface area contributed by atoms with Crippen LogP contribution in [0.2, 0.25) is 0 Å². The second-order valence-corrected chi connectivity index (χ2v) is 10.3. The molecule has 0 aromatic heterocycles. The summed E-state index contributed by atoms with van der Waals surface area (Å²) in [6.07, 6.45) is 4.34. The van der Waals surface area contributed by atoms with E-state index in [2.05, 4.69) is 0 Å². The molecule has 0 unspecified atom stereocenters. The lowest BCUT2D eigenvalue weighted by atomic mass is 9.77. The number of hydrogen-bond donors (Lipinski definition) is 4. The van der Waals surface area contributed by atoms with E-state index >= 15 is 0 Å². The number of hydrogen-bond acceptors (Lipinski definition) is 8. The van der Waals surface area contributed by atoms with E-state index in [1.165, 1.54) is 13.2 Å². The SMILES string of the molecule is COc1cc([C@@H]2COc3cc(O)c4c(c3[C@H]2O)CCc2c(OC)cc(O)cc2-4)cc(OC2CCCC2)c1O. The molecule has 1 aliphatic heterocycles. The van der Waals surface area contributed by atoms with Gasteiger partial charge in [0.1, 0.15) is 23.0 Å². The molecule has 1 fully saturated rings. The smallest absolute Gasteiger partial charge is 0.200 e. The predicted octanol–water partition coefficient (Wildman–Crippen LogP) is 5.12. The average Bonchev–Trinajstić information content (AvgIpc) is 3.42. The number of aliphatic hydroxyl groups is 1. The Morgan fingerprint density at radius 3 is 2.29 bits per heavy atom. The van der Waals surface area contributed by atoms with Gasteiger partial charge in [-0.05, 0) is 73.4 Å². The summed E-state index contributed by atoms with van der Waals surface area (Å²) in [6, 6.07) is 8.20. The maximum absolute atomic E-state index is 11.8. The van der Waals surface area contributed by atoms with Crippen molar-refractivity contribution in [3.05, 3.63) is 52.6 Å². The summed E-state index contributed by atoms with van der Waals surface area (Å²) in [4.78, 5) is 0. The molecule has 0 saturated heterocycles. The highest BCUT2D eigenvalue weighted by Crippen LogP contribution is 2.53. The fourth-order valence-corrected chi connectivity index (χ4v) is 6.26. The van der Waals surface area contributed by atoms with Crippen molar-refractivity contribution in [3.63, 3.8) is 0 Å². The van der Waals surface area contributed by atoms with Crippen molar-refractivity contribution >= 4 is 0 Å². The number of methoxy groups -OCH3 is 2. The summed E-state index contributed by atoms with van der Waals surface area (Å²) < 4.78 is 23.2. The van der Waals surface area contributed by atoms with Crippen molar-refractivity contribution in [3.8, 4) is 51.4 Å². The lowest BCUT2D eigenvalue weighted by Gasteiger charge is -2.35. The van der Waals surface area contributed by atoms with Gasteiger partial charge in [0.15, 0.2) is 11.5 Å². The standard InChI is InChI=1S/C30H32O8/c1-35-23-12-16(31)11-20-18(23)7-8-19-27(20)22(32)13-24-28(19)29(33)21(14-37-24)15-9-25(36-2)30(34)26(10-15)38-17-5-3-4-6-17/h9-13,17,21,29,31-34H,3-8,14H2,1-2H3/t21-,29-/m0/s1. The van der Waals surface area contributed by atoms with E-state index in [0.29, 0.717) is 46.8 Å². The van der Waals surface area contributed by atoms with Crippen LogP contribution in [0.5, 0.6) is 40.2 Å². The van der Waals surface area contributed by atoms with E-state index in [-0.39, 0.29) is 35.7 Å². The molecular weight excluding hydrogens is 488 g/mol. The first-order chi connectivity index (χ1) is 18.4. The number of phenols is 3. The highest BCUT2D eigenvalue weighted by Gasteiger charge is 2.38. The molecule has 2 aliphatic carbocycles. The molecule has 6 rings (SSSR count). The van der Waals surface area contributed by atoms with Crippen LogP contribution in [0.25, 0.3) is 11.1 Å². The molecule has 200 valence electrons. The molecule has 0 bridgehead atoms. The molecule has 0 amide bonds. The second kappa shape index (κ2) is 9.51. The second-order valence-electron chi connectivity index (χ2n) is 10.3. The van der Waals surface area contributed by atoms with Crippen LogP contribution in [0.15, 0.2) is 30.3 Å². The molecule has 3 aliphatic rings. The van der Waals surface area contributed by atoms with Crippen LogP contribution < -0.4 is 18.9 Å². The van der Waals surface area contributed by atoms with Crippen LogP contribution in [0.3, 0.4) is 0 Å². The van der Waals surface area contributed by atoms with Crippen molar-refractivity contribution in [2.24, 2.45) is 0 Å². The summed E-state index contributed by atoms with van der Waals surface area (Å²) in [7, 11) is 3.04. The number of aromatic hydroxyl groups is 3. The van der Waals surface area contributed by atoms with E-state index < -0.39 is 12.0 Å². The predicted molar refractivity (Wildman–Crippen MR) is 140 cm³/mol. The first kappa shape index (κ1) is 24.6. The third-order valence-corrected chi connectivity index (χ3v) is 8.13. The Balaban J connectivity index is 1.43. The Labute approximate surface area is 221 Å². The Morgan fingerprint density at radius 2 is 1.55 bits per heavy atom. The Kier molecular flexibility index (Phi) is 6.14. The van der Waals surface area contributed by atoms with Crippen LogP contribution in [0, 0.1) is 0 Å². The van der Waals surface area contributed by atoms with Gasteiger partial charge in [0.05, 0.1) is 33.0 Å². The minimum Gasteiger partial charge on any atom is -0.508 e. The molecule has 1 saturated carbocycles. The van der Waals surface area contributed by atoms with Gasteiger partial charge in [0.2, 0.25) is 5.75 Å². The van der Waals surface area contributed by atoms with Gasteiger partial charge in [0.25, 0.3) is 0 Å². The normalized spacial score (nSPS) is 20.2. The van der Waals surface area contributed by atoms with Gasteiger partial charge < -0.3 is 39.4 Å². The van der Waals surface area contributed by atoms with Gasteiger partial charge in [-0.1, -0.05) is 0 Å². The van der Waals surface area contributed by atoms with Crippen molar-refractivity contribution in [1.82, 2.24) is 0 Å². The quantitative estimate of drug-likeness (QED) is 0.366. The number of fused-ring (bicyclic) bond motifs is 5. The zero-order chi connectivity index (χ0) is 26.6. The Morgan fingerprint density at radius 1 is 0.842 bits per heavy atom. The molecule has 3 aromatic rings. The fourth-order valence-electron chi connectivity index (χ4n) is 6.26. The minimum absolute atomic E-state index is 0.0246. The first-order valence-corrected chi connectivity index (χ1v) is 13.1. The van der Waals surface area contributed by atoms with Gasteiger partial charge in [-0.3, -0.25) is 0 Å².